The monoisotopic (exact) mass is 376 g/mol. The number of pyridine rings is 1. The molecule has 0 aromatic carbocycles. The Balaban J connectivity index is 2.76. The molecule has 2 heterocycles. The molecular weight excluding hydrogens is 352 g/mol. The van der Waals surface area contributed by atoms with E-state index in [-0.39, 0.29) is 35.5 Å². The Morgan fingerprint density at radius 1 is 1.33 bits per heavy atom. The highest BCUT2D eigenvalue weighted by Crippen LogP contribution is 2.21. The molecule has 146 valence electrons. The van der Waals surface area contributed by atoms with Gasteiger partial charge in [0.1, 0.15) is 0 Å². The number of aromatic amines is 1. The van der Waals surface area contributed by atoms with E-state index in [4.69, 9.17) is 5.11 Å². The largest absolute Gasteiger partial charge is 0.481 e. The third-order valence-corrected chi connectivity index (χ3v) is 4.25. The van der Waals surface area contributed by atoms with E-state index in [0.717, 1.165) is 0 Å². The Morgan fingerprint density at radius 3 is 2.56 bits per heavy atom. The van der Waals surface area contributed by atoms with Gasteiger partial charge in [0.2, 0.25) is 0 Å². The van der Waals surface area contributed by atoms with Gasteiger partial charge in [0.15, 0.2) is 5.65 Å². The average Bonchev–Trinajstić information content (AvgIpc) is 2.61. The minimum atomic E-state index is -1.02. The van der Waals surface area contributed by atoms with E-state index in [1.165, 1.54) is 16.5 Å². The van der Waals surface area contributed by atoms with Gasteiger partial charge in [-0.05, 0) is 18.4 Å². The van der Waals surface area contributed by atoms with Crippen molar-refractivity contribution in [3.05, 3.63) is 38.2 Å². The second-order valence-corrected chi connectivity index (χ2v) is 6.73. The highest BCUT2D eigenvalue weighted by molar-refractivity contribution is 6.05. The molecule has 2 aromatic heterocycles. The predicted octanol–water partition coefficient (Wildman–Crippen LogP) is 1.16. The number of hydrogen-bond donors (Lipinski definition) is 2. The van der Waals surface area contributed by atoms with Crippen LogP contribution in [-0.2, 0) is 11.3 Å². The van der Waals surface area contributed by atoms with Crippen LogP contribution in [0.5, 0.6) is 0 Å². The highest BCUT2D eigenvalue weighted by Gasteiger charge is 2.22. The quantitative estimate of drug-likeness (QED) is 0.747. The van der Waals surface area contributed by atoms with Crippen LogP contribution in [0.25, 0.3) is 11.0 Å². The second kappa shape index (κ2) is 8.15. The van der Waals surface area contributed by atoms with Crippen LogP contribution in [0.15, 0.2) is 15.7 Å². The molecule has 0 spiro atoms. The lowest BCUT2D eigenvalue weighted by Gasteiger charge is -2.19. The molecule has 0 aliphatic carbocycles. The molecule has 0 atom stereocenters. The van der Waals surface area contributed by atoms with Gasteiger partial charge in [-0.15, -0.1) is 0 Å². The zero-order valence-electron chi connectivity index (χ0n) is 15.9. The standard InChI is InChI=1S/C18H24N4O5/c1-5-7-22-15-14(16(25)20-18(22)27)11(9-12(19-15)10(2)3)17(26)21(4)8-6-13(23)24/h9-10H,5-8H2,1-4H3,(H,23,24)(H,20,25,27). The summed E-state index contributed by atoms with van der Waals surface area (Å²) in [7, 11) is 1.48. The van der Waals surface area contributed by atoms with Crippen LogP contribution < -0.4 is 11.2 Å². The molecule has 0 aliphatic heterocycles. The predicted molar refractivity (Wildman–Crippen MR) is 100 cm³/mol. The number of rotatable bonds is 7. The van der Waals surface area contributed by atoms with Crippen molar-refractivity contribution >= 4 is 22.9 Å². The Bertz CT molecular complexity index is 990. The molecule has 2 aromatic rings. The molecule has 0 radical (unpaired) electrons. The van der Waals surface area contributed by atoms with Gasteiger partial charge < -0.3 is 10.0 Å². The average molecular weight is 376 g/mol. The van der Waals surface area contributed by atoms with Crippen molar-refractivity contribution in [1.29, 1.82) is 0 Å². The number of carbonyl (C=O) groups is 2. The number of carbonyl (C=O) groups excluding carboxylic acids is 1. The van der Waals surface area contributed by atoms with Gasteiger partial charge in [0.05, 0.1) is 17.4 Å². The number of nitrogens with one attached hydrogen (secondary N) is 1. The van der Waals surface area contributed by atoms with Gasteiger partial charge in [-0.25, -0.2) is 9.78 Å². The summed E-state index contributed by atoms with van der Waals surface area (Å²) in [5.74, 6) is -1.54. The van der Waals surface area contributed by atoms with Crippen molar-refractivity contribution < 1.29 is 14.7 Å². The molecule has 9 nitrogen and oxygen atoms in total. The number of aliphatic carboxylic acids is 1. The van der Waals surface area contributed by atoms with Crippen molar-refractivity contribution in [3.8, 4) is 0 Å². The minimum Gasteiger partial charge on any atom is -0.481 e. The summed E-state index contributed by atoms with van der Waals surface area (Å²) in [5.41, 5.74) is -0.387. The van der Waals surface area contributed by atoms with Gasteiger partial charge in [-0.1, -0.05) is 20.8 Å². The van der Waals surface area contributed by atoms with E-state index in [0.29, 0.717) is 18.7 Å². The molecule has 2 N–H and O–H groups in total. The topological polar surface area (TPSA) is 125 Å². The van der Waals surface area contributed by atoms with Crippen LogP contribution in [0.2, 0.25) is 0 Å². The normalized spacial score (nSPS) is 11.1. The van der Waals surface area contributed by atoms with E-state index >= 15 is 0 Å². The summed E-state index contributed by atoms with van der Waals surface area (Å²) in [6.45, 7) is 6.03. The number of carboxylic acids is 1. The molecule has 0 fully saturated rings. The number of carboxylic acid groups (broad SMARTS) is 1. The van der Waals surface area contributed by atoms with Gasteiger partial charge in [0.25, 0.3) is 11.5 Å². The summed E-state index contributed by atoms with van der Waals surface area (Å²) in [5, 5.41) is 8.87. The Morgan fingerprint density at radius 2 is 2.00 bits per heavy atom. The van der Waals surface area contributed by atoms with Crippen molar-refractivity contribution in [2.75, 3.05) is 13.6 Å². The molecule has 9 heteroatoms. The van der Waals surface area contributed by atoms with Crippen molar-refractivity contribution in [2.45, 2.75) is 46.1 Å². The molecule has 0 aliphatic rings. The number of aromatic nitrogens is 3. The lowest BCUT2D eigenvalue weighted by Crippen LogP contribution is -2.34. The van der Waals surface area contributed by atoms with Crippen LogP contribution in [0, 0.1) is 0 Å². The van der Waals surface area contributed by atoms with E-state index in [9.17, 15) is 19.2 Å². The van der Waals surface area contributed by atoms with E-state index in [1.54, 1.807) is 6.07 Å². The molecule has 0 bridgehead atoms. The van der Waals surface area contributed by atoms with E-state index in [1.807, 2.05) is 20.8 Å². The van der Waals surface area contributed by atoms with E-state index in [2.05, 4.69) is 9.97 Å². The molecule has 1 amide bonds. The van der Waals surface area contributed by atoms with Gasteiger partial charge in [-0.3, -0.25) is 23.9 Å². The Labute approximate surface area is 155 Å². The first kappa shape index (κ1) is 20.3. The number of aryl methyl sites for hydroxylation is 1. The summed E-state index contributed by atoms with van der Waals surface area (Å²) in [4.78, 5) is 56.4. The van der Waals surface area contributed by atoms with Crippen LogP contribution in [0.1, 0.15) is 55.6 Å². The molecule has 0 saturated heterocycles. The first-order valence-corrected chi connectivity index (χ1v) is 8.82. The van der Waals surface area contributed by atoms with Crippen LogP contribution >= 0.6 is 0 Å². The van der Waals surface area contributed by atoms with Gasteiger partial charge in [-0.2, -0.15) is 0 Å². The van der Waals surface area contributed by atoms with Crippen LogP contribution in [-0.4, -0.2) is 50.0 Å². The fraction of sp³-hybridized carbons (Fsp3) is 0.500. The summed E-state index contributed by atoms with van der Waals surface area (Å²) in [6.07, 6.45) is 0.440. The van der Waals surface area contributed by atoms with Gasteiger partial charge in [0, 0.05) is 25.8 Å². The fourth-order valence-corrected chi connectivity index (χ4v) is 2.76. The van der Waals surface area contributed by atoms with Crippen LogP contribution in [0.3, 0.4) is 0 Å². The smallest absolute Gasteiger partial charge is 0.329 e. The fourth-order valence-electron chi connectivity index (χ4n) is 2.76. The number of nitrogens with zero attached hydrogens (tertiary/aromatic N) is 3. The minimum absolute atomic E-state index is 0.00149. The van der Waals surface area contributed by atoms with Crippen molar-refractivity contribution in [1.82, 2.24) is 19.4 Å². The first-order chi connectivity index (χ1) is 12.7. The molecular formula is C18H24N4O5. The number of amides is 1. The Hall–Kier alpha value is -2.97. The molecule has 0 unspecified atom stereocenters. The molecule has 2 rings (SSSR count). The van der Waals surface area contributed by atoms with Crippen molar-refractivity contribution in [2.24, 2.45) is 0 Å². The SMILES string of the molecule is CCCn1c(=O)[nH]c(=O)c2c(C(=O)N(C)CCC(=O)O)cc(C(C)C)nc21. The third-order valence-electron chi connectivity index (χ3n) is 4.25. The maximum Gasteiger partial charge on any atom is 0.329 e. The Kier molecular flexibility index (Phi) is 6.14. The zero-order valence-corrected chi connectivity index (χ0v) is 15.9. The third kappa shape index (κ3) is 4.24. The van der Waals surface area contributed by atoms with Crippen molar-refractivity contribution in [3.63, 3.8) is 0 Å². The van der Waals surface area contributed by atoms with Crippen LogP contribution in [0.4, 0.5) is 0 Å². The second-order valence-electron chi connectivity index (χ2n) is 6.73. The summed E-state index contributed by atoms with van der Waals surface area (Å²) in [6, 6.07) is 1.54. The van der Waals surface area contributed by atoms with Gasteiger partial charge >= 0.3 is 11.7 Å². The lowest BCUT2D eigenvalue weighted by atomic mass is 10.0. The van der Waals surface area contributed by atoms with E-state index < -0.39 is 23.1 Å². The lowest BCUT2D eigenvalue weighted by molar-refractivity contribution is -0.137. The number of hydrogen-bond acceptors (Lipinski definition) is 5. The summed E-state index contributed by atoms with van der Waals surface area (Å²) < 4.78 is 1.36. The first-order valence-electron chi connectivity index (χ1n) is 8.82. The maximum atomic E-state index is 12.9. The number of H-pyrrole nitrogens is 1. The zero-order chi connectivity index (χ0) is 20.3. The number of fused-ring (bicyclic) bond motifs is 1. The highest BCUT2D eigenvalue weighted by atomic mass is 16.4. The maximum absolute atomic E-state index is 12.9. The summed E-state index contributed by atoms with van der Waals surface area (Å²) >= 11 is 0. The molecule has 0 saturated carbocycles. The molecule has 27 heavy (non-hydrogen) atoms.